The summed E-state index contributed by atoms with van der Waals surface area (Å²) in [5.41, 5.74) is 0.443. The van der Waals surface area contributed by atoms with Crippen LogP contribution >= 0.6 is 11.8 Å². The molecule has 0 unspecified atom stereocenters. The largest absolute Gasteiger partial charge is 0.478 e. The predicted octanol–water partition coefficient (Wildman–Crippen LogP) is 1.91. The lowest BCUT2D eigenvalue weighted by molar-refractivity contribution is -0.118. The number of carboxylic acid groups (broad SMARTS) is 1. The fraction of sp³-hybridized carbons (Fsp3) is 0.357. The van der Waals surface area contributed by atoms with E-state index in [1.165, 1.54) is 22.7 Å². The smallest absolute Gasteiger partial charge is 0.337 e. The summed E-state index contributed by atoms with van der Waals surface area (Å²) in [6, 6.07) is 6.36. The fourth-order valence-corrected chi connectivity index (χ4v) is 2.96. The van der Waals surface area contributed by atoms with Gasteiger partial charge < -0.3 is 14.9 Å². The minimum Gasteiger partial charge on any atom is -0.478 e. The molecule has 1 N–H and O–H groups in total. The van der Waals surface area contributed by atoms with Crippen LogP contribution in [0.2, 0.25) is 0 Å². The first kappa shape index (κ1) is 15.4. The number of hydrogen-bond acceptors (Lipinski definition) is 4. The minimum atomic E-state index is -1.07. The van der Waals surface area contributed by atoms with Gasteiger partial charge in [0.2, 0.25) is 5.91 Å². The molecule has 6 nitrogen and oxygen atoms in total. The third-order valence-electron chi connectivity index (χ3n) is 3.31. The van der Waals surface area contributed by atoms with Crippen LogP contribution in [-0.4, -0.2) is 53.0 Å². The zero-order valence-corrected chi connectivity index (χ0v) is 12.4. The standard InChI is InChI=1S/C14H16N2O4S/c1-15(11-5-3-2-4-10(11)13(18)19)12(17)6-7-16-8-9-21-14(16)20/h2-5H,6-9H2,1H3,(H,18,19). The summed E-state index contributed by atoms with van der Waals surface area (Å²) < 4.78 is 0. The van der Waals surface area contributed by atoms with Crippen molar-refractivity contribution in [2.24, 2.45) is 0 Å². The first-order valence-corrected chi connectivity index (χ1v) is 7.50. The lowest BCUT2D eigenvalue weighted by Gasteiger charge is -2.21. The van der Waals surface area contributed by atoms with Gasteiger partial charge in [-0.15, -0.1) is 0 Å². The van der Waals surface area contributed by atoms with Crippen LogP contribution in [0.4, 0.5) is 10.5 Å². The van der Waals surface area contributed by atoms with E-state index >= 15 is 0 Å². The Morgan fingerprint density at radius 2 is 2.10 bits per heavy atom. The molecule has 1 aliphatic heterocycles. The molecule has 1 aromatic carbocycles. The maximum Gasteiger partial charge on any atom is 0.337 e. The second-order valence-electron chi connectivity index (χ2n) is 4.63. The van der Waals surface area contributed by atoms with Crippen molar-refractivity contribution in [2.75, 3.05) is 30.8 Å². The molecule has 2 rings (SSSR count). The van der Waals surface area contributed by atoms with Crippen LogP contribution in [0, 0.1) is 0 Å². The summed E-state index contributed by atoms with van der Waals surface area (Å²) in [4.78, 5) is 37.8. The van der Waals surface area contributed by atoms with Crippen molar-refractivity contribution in [2.45, 2.75) is 6.42 Å². The molecule has 0 aliphatic carbocycles. The molecule has 0 bridgehead atoms. The van der Waals surface area contributed by atoms with Gasteiger partial charge in [-0.1, -0.05) is 23.9 Å². The molecule has 0 saturated carbocycles. The van der Waals surface area contributed by atoms with Gasteiger partial charge in [0.25, 0.3) is 5.24 Å². The Labute approximate surface area is 126 Å². The highest BCUT2D eigenvalue weighted by atomic mass is 32.2. The number of benzene rings is 1. The van der Waals surface area contributed by atoms with Crippen LogP contribution in [0.25, 0.3) is 0 Å². The molecule has 0 spiro atoms. The van der Waals surface area contributed by atoms with Gasteiger partial charge in [-0.3, -0.25) is 9.59 Å². The second-order valence-corrected chi connectivity index (χ2v) is 5.67. The Bertz CT molecular complexity index is 576. The first-order chi connectivity index (χ1) is 10.0. The van der Waals surface area contributed by atoms with Gasteiger partial charge in [0, 0.05) is 32.3 Å². The topological polar surface area (TPSA) is 77.9 Å². The summed E-state index contributed by atoms with van der Waals surface area (Å²) >= 11 is 1.25. The Morgan fingerprint density at radius 3 is 2.71 bits per heavy atom. The van der Waals surface area contributed by atoms with Crippen LogP contribution in [0.15, 0.2) is 24.3 Å². The molecular weight excluding hydrogens is 292 g/mol. The molecular formula is C14H16N2O4S. The van der Waals surface area contributed by atoms with Gasteiger partial charge in [0.15, 0.2) is 0 Å². The number of thioether (sulfide) groups is 1. The van der Waals surface area contributed by atoms with Crippen molar-refractivity contribution < 1.29 is 19.5 Å². The number of rotatable bonds is 5. The number of carboxylic acids is 1. The van der Waals surface area contributed by atoms with Gasteiger partial charge in [0.05, 0.1) is 11.3 Å². The summed E-state index contributed by atoms with van der Waals surface area (Å²) in [6.07, 6.45) is 0.177. The number of anilines is 1. The van der Waals surface area contributed by atoms with E-state index in [1.54, 1.807) is 30.1 Å². The number of para-hydroxylation sites is 1. The van der Waals surface area contributed by atoms with E-state index in [0.717, 1.165) is 5.75 Å². The third kappa shape index (κ3) is 3.55. The number of nitrogens with zero attached hydrogens (tertiary/aromatic N) is 2. The van der Waals surface area contributed by atoms with Crippen LogP contribution in [0.5, 0.6) is 0 Å². The molecule has 1 saturated heterocycles. The number of amides is 2. The van der Waals surface area contributed by atoms with E-state index in [9.17, 15) is 14.4 Å². The molecule has 1 aromatic rings. The maximum atomic E-state index is 12.2. The van der Waals surface area contributed by atoms with Gasteiger partial charge in [-0.25, -0.2) is 4.79 Å². The van der Waals surface area contributed by atoms with E-state index < -0.39 is 5.97 Å². The van der Waals surface area contributed by atoms with Crippen LogP contribution in [-0.2, 0) is 4.79 Å². The number of carbonyl (C=O) groups is 3. The quantitative estimate of drug-likeness (QED) is 0.899. The summed E-state index contributed by atoms with van der Waals surface area (Å²) in [5.74, 6) is -0.533. The molecule has 2 amide bonds. The van der Waals surface area contributed by atoms with E-state index in [2.05, 4.69) is 0 Å². The average molecular weight is 308 g/mol. The minimum absolute atomic E-state index is 0.00334. The van der Waals surface area contributed by atoms with E-state index in [0.29, 0.717) is 18.8 Å². The molecule has 1 aliphatic rings. The van der Waals surface area contributed by atoms with Crippen LogP contribution in [0.3, 0.4) is 0 Å². The van der Waals surface area contributed by atoms with Crippen LogP contribution < -0.4 is 4.90 Å². The normalized spacial score (nSPS) is 14.3. The monoisotopic (exact) mass is 308 g/mol. The zero-order valence-electron chi connectivity index (χ0n) is 11.6. The average Bonchev–Trinajstić information content (AvgIpc) is 2.89. The third-order valence-corrected chi connectivity index (χ3v) is 4.20. The van der Waals surface area contributed by atoms with Crippen molar-refractivity contribution in [1.82, 2.24) is 4.90 Å². The van der Waals surface area contributed by atoms with Gasteiger partial charge in [-0.05, 0) is 12.1 Å². The van der Waals surface area contributed by atoms with Gasteiger partial charge in [0.1, 0.15) is 0 Å². The Balaban J connectivity index is 2.02. The van der Waals surface area contributed by atoms with Crippen molar-refractivity contribution in [1.29, 1.82) is 0 Å². The summed E-state index contributed by atoms with van der Waals surface area (Å²) in [6.45, 7) is 1.02. The molecule has 0 atom stereocenters. The first-order valence-electron chi connectivity index (χ1n) is 6.51. The van der Waals surface area contributed by atoms with Gasteiger partial charge in [-0.2, -0.15) is 0 Å². The SMILES string of the molecule is CN(C(=O)CCN1CCSC1=O)c1ccccc1C(=O)O. The lowest BCUT2D eigenvalue weighted by Crippen LogP contribution is -2.33. The van der Waals surface area contributed by atoms with Crippen molar-refractivity contribution in [3.8, 4) is 0 Å². The molecule has 1 fully saturated rings. The highest BCUT2D eigenvalue weighted by molar-refractivity contribution is 8.13. The molecule has 1 heterocycles. The molecule has 21 heavy (non-hydrogen) atoms. The predicted molar refractivity (Wildman–Crippen MR) is 80.9 cm³/mol. The summed E-state index contributed by atoms with van der Waals surface area (Å²) in [5, 5.41) is 9.14. The summed E-state index contributed by atoms with van der Waals surface area (Å²) in [7, 11) is 1.55. The van der Waals surface area contributed by atoms with E-state index in [1.807, 2.05) is 0 Å². The zero-order chi connectivity index (χ0) is 15.4. The highest BCUT2D eigenvalue weighted by Gasteiger charge is 2.23. The molecule has 0 radical (unpaired) electrons. The molecule has 0 aromatic heterocycles. The number of carbonyl (C=O) groups excluding carboxylic acids is 2. The van der Waals surface area contributed by atoms with Crippen molar-refractivity contribution in [3.63, 3.8) is 0 Å². The second kappa shape index (κ2) is 6.62. The fourth-order valence-electron chi connectivity index (χ4n) is 2.11. The Kier molecular flexibility index (Phi) is 4.85. The van der Waals surface area contributed by atoms with E-state index in [-0.39, 0.29) is 23.1 Å². The Hall–Kier alpha value is -2.02. The molecule has 112 valence electrons. The van der Waals surface area contributed by atoms with Crippen molar-refractivity contribution >= 4 is 34.6 Å². The highest BCUT2D eigenvalue weighted by Crippen LogP contribution is 2.21. The van der Waals surface area contributed by atoms with Crippen LogP contribution in [0.1, 0.15) is 16.8 Å². The number of hydrogen-bond donors (Lipinski definition) is 1. The van der Waals surface area contributed by atoms with Gasteiger partial charge >= 0.3 is 5.97 Å². The Morgan fingerprint density at radius 1 is 1.38 bits per heavy atom. The molecule has 7 heteroatoms. The van der Waals surface area contributed by atoms with E-state index in [4.69, 9.17) is 5.11 Å². The van der Waals surface area contributed by atoms with Crippen molar-refractivity contribution in [3.05, 3.63) is 29.8 Å². The lowest BCUT2D eigenvalue weighted by atomic mass is 10.1. The number of aromatic carboxylic acids is 1. The maximum absolute atomic E-state index is 12.2.